The van der Waals surface area contributed by atoms with Crippen molar-refractivity contribution in [1.82, 2.24) is 0 Å². The molecule has 0 atom stereocenters. The van der Waals surface area contributed by atoms with Gasteiger partial charge in [0.15, 0.2) is 5.75 Å². The van der Waals surface area contributed by atoms with Crippen molar-refractivity contribution in [2.24, 2.45) is 0 Å². The second-order valence-electron chi connectivity index (χ2n) is 8.81. The number of hydrogen-bond donors (Lipinski definition) is 0. The monoisotopic (exact) mass is 476 g/mol. The lowest BCUT2D eigenvalue weighted by Crippen LogP contribution is -2.15. The highest BCUT2D eigenvalue weighted by molar-refractivity contribution is 5.95. The van der Waals surface area contributed by atoms with Crippen LogP contribution in [0.4, 0.5) is 0 Å². The van der Waals surface area contributed by atoms with Crippen LogP contribution in [0.3, 0.4) is 0 Å². The van der Waals surface area contributed by atoms with E-state index in [1.807, 2.05) is 26.8 Å². The molecule has 0 aliphatic heterocycles. The summed E-state index contributed by atoms with van der Waals surface area (Å²) in [6.07, 6.45) is 5.85. The van der Waals surface area contributed by atoms with Gasteiger partial charge >= 0.3 is 11.6 Å². The molecule has 0 saturated heterocycles. The summed E-state index contributed by atoms with van der Waals surface area (Å²) >= 11 is 0. The Morgan fingerprint density at radius 3 is 2.43 bits per heavy atom. The number of rotatable bonds is 10. The van der Waals surface area contributed by atoms with Gasteiger partial charge in [-0.15, -0.1) is 0 Å². The minimum Gasteiger partial charge on any atom is -0.491 e. The van der Waals surface area contributed by atoms with Gasteiger partial charge in [0.25, 0.3) is 0 Å². The first-order chi connectivity index (χ1) is 16.7. The molecule has 35 heavy (non-hydrogen) atoms. The molecule has 0 amide bonds. The van der Waals surface area contributed by atoms with Crippen LogP contribution in [0, 0.1) is 0 Å². The Morgan fingerprint density at radius 2 is 1.74 bits per heavy atom. The maximum atomic E-state index is 12.9. The third-order valence-corrected chi connectivity index (χ3v) is 5.12. The molecule has 3 rings (SSSR count). The molecule has 3 aromatic rings. The number of ether oxygens (including phenoxy) is 3. The summed E-state index contributed by atoms with van der Waals surface area (Å²) < 4.78 is 22.7. The molecule has 0 aliphatic carbocycles. The fourth-order valence-corrected chi connectivity index (χ4v) is 3.39. The molecule has 0 unspecified atom stereocenters. The van der Waals surface area contributed by atoms with Crippen molar-refractivity contribution >= 4 is 16.9 Å². The number of allylic oxidation sites excluding steroid dienone is 3. The highest BCUT2D eigenvalue weighted by Crippen LogP contribution is 2.35. The fraction of sp³-hybridized carbons (Fsp3) is 0.310. The first-order valence-electron chi connectivity index (χ1n) is 11.7. The van der Waals surface area contributed by atoms with Gasteiger partial charge in [0.1, 0.15) is 17.9 Å². The standard InChI is InChI=1S/C29H32O6/c1-19(2)10-9-11-21(5)16-17-32-27-26(35-28(30)22-12-7-6-8-13-22)24-15-14-23(33-20(3)4)18-25(24)34-29(27)31/h6-8,10,12-16,18,20H,9,11,17H2,1-5H3/b21-16+. The van der Waals surface area contributed by atoms with Gasteiger partial charge in [0.2, 0.25) is 5.75 Å². The van der Waals surface area contributed by atoms with Crippen molar-refractivity contribution in [3.63, 3.8) is 0 Å². The van der Waals surface area contributed by atoms with Gasteiger partial charge in [-0.2, -0.15) is 0 Å². The third-order valence-electron chi connectivity index (χ3n) is 5.12. The summed E-state index contributed by atoms with van der Waals surface area (Å²) in [7, 11) is 0. The Kier molecular flexibility index (Phi) is 8.90. The van der Waals surface area contributed by atoms with Gasteiger partial charge in [-0.25, -0.2) is 9.59 Å². The number of fused-ring (bicyclic) bond motifs is 1. The summed E-state index contributed by atoms with van der Waals surface area (Å²) in [5, 5.41) is 0.434. The largest absolute Gasteiger partial charge is 0.491 e. The smallest absolute Gasteiger partial charge is 0.383 e. The van der Waals surface area contributed by atoms with Crippen LogP contribution >= 0.6 is 0 Å². The minimum absolute atomic E-state index is 0.0248. The first kappa shape index (κ1) is 25.8. The Morgan fingerprint density at radius 1 is 1.00 bits per heavy atom. The lowest BCUT2D eigenvalue weighted by molar-refractivity contribution is 0.0730. The molecule has 0 N–H and O–H groups in total. The van der Waals surface area contributed by atoms with E-state index in [-0.39, 0.29) is 29.8 Å². The maximum absolute atomic E-state index is 12.9. The molecule has 1 heterocycles. The Hall–Kier alpha value is -3.80. The van der Waals surface area contributed by atoms with Crippen LogP contribution in [0.5, 0.6) is 17.2 Å². The van der Waals surface area contributed by atoms with Gasteiger partial charge in [-0.1, -0.05) is 35.4 Å². The van der Waals surface area contributed by atoms with Crippen molar-refractivity contribution in [1.29, 1.82) is 0 Å². The number of carbonyl (C=O) groups excluding carboxylic acids is 1. The Balaban J connectivity index is 1.95. The zero-order valence-electron chi connectivity index (χ0n) is 20.9. The van der Waals surface area contributed by atoms with Gasteiger partial charge < -0.3 is 18.6 Å². The van der Waals surface area contributed by atoms with E-state index in [1.165, 1.54) is 5.57 Å². The second kappa shape index (κ2) is 12.1. The molecule has 0 saturated carbocycles. The zero-order chi connectivity index (χ0) is 25.4. The van der Waals surface area contributed by atoms with Crippen LogP contribution in [-0.2, 0) is 0 Å². The minimum atomic E-state index is -0.731. The predicted molar refractivity (Wildman–Crippen MR) is 138 cm³/mol. The van der Waals surface area contributed by atoms with Crippen molar-refractivity contribution < 1.29 is 23.4 Å². The normalized spacial score (nSPS) is 11.4. The maximum Gasteiger partial charge on any atom is 0.383 e. The molecular weight excluding hydrogens is 444 g/mol. The molecular formula is C29H32O6. The Labute approximate surface area is 205 Å². The van der Waals surface area contributed by atoms with Gasteiger partial charge in [0.05, 0.1) is 17.1 Å². The molecule has 0 bridgehead atoms. The van der Waals surface area contributed by atoms with Crippen molar-refractivity contribution in [2.45, 2.75) is 53.6 Å². The molecule has 6 heteroatoms. The lowest BCUT2D eigenvalue weighted by Gasteiger charge is -2.14. The SMILES string of the molecule is CC(C)=CCC/C(C)=C/COc1c(OC(=O)c2ccccc2)c2ccc(OC(C)C)cc2oc1=O. The van der Waals surface area contributed by atoms with E-state index in [0.717, 1.165) is 18.4 Å². The van der Waals surface area contributed by atoms with E-state index >= 15 is 0 Å². The molecule has 184 valence electrons. The molecule has 0 aliphatic rings. The van der Waals surface area contributed by atoms with Crippen molar-refractivity contribution in [3.05, 3.63) is 87.8 Å². The van der Waals surface area contributed by atoms with Crippen LogP contribution in [0.25, 0.3) is 11.0 Å². The van der Waals surface area contributed by atoms with Gasteiger partial charge in [-0.05, 0) is 77.8 Å². The number of hydrogen-bond acceptors (Lipinski definition) is 6. The average Bonchev–Trinajstić information content (AvgIpc) is 2.80. The Bertz CT molecular complexity index is 1280. The van der Waals surface area contributed by atoms with Crippen LogP contribution < -0.4 is 19.8 Å². The van der Waals surface area contributed by atoms with E-state index in [0.29, 0.717) is 16.7 Å². The van der Waals surface area contributed by atoms with Crippen LogP contribution in [0.15, 0.2) is 81.0 Å². The highest BCUT2D eigenvalue weighted by Gasteiger charge is 2.22. The van der Waals surface area contributed by atoms with Crippen LogP contribution in [0.2, 0.25) is 0 Å². The first-order valence-corrected chi connectivity index (χ1v) is 11.7. The summed E-state index contributed by atoms with van der Waals surface area (Å²) in [4.78, 5) is 25.7. The quantitative estimate of drug-likeness (QED) is 0.181. The van der Waals surface area contributed by atoms with E-state index < -0.39 is 11.6 Å². The molecule has 6 nitrogen and oxygen atoms in total. The van der Waals surface area contributed by atoms with E-state index in [9.17, 15) is 9.59 Å². The van der Waals surface area contributed by atoms with Crippen molar-refractivity contribution in [3.8, 4) is 17.2 Å². The number of benzene rings is 2. The molecule has 1 aromatic heterocycles. The molecule has 2 aromatic carbocycles. The van der Waals surface area contributed by atoms with Gasteiger partial charge in [0, 0.05) is 6.07 Å². The molecule has 0 spiro atoms. The van der Waals surface area contributed by atoms with E-state index in [1.54, 1.807) is 48.5 Å². The summed E-state index contributed by atoms with van der Waals surface area (Å²) in [5.74, 6) is -0.178. The van der Waals surface area contributed by atoms with E-state index in [2.05, 4.69) is 19.9 Å². The predicted octanol–water partition coefficient (Wildman–Crippen LogP) is 6.87. The zero-order valence-corrected chi connectivity index (χ0v) is 20.9. The topological polar surface area (TPSA) is 75.0 Å². The van der Waals surface area contributed by atoms with Crippen molar-refractivity contribution in [2.75, 3.05) is 6.61 Å². The van der Waals surface area contributed by atoms with Crippen LogP contribution in [-0.4, -0.2) is 18.7 Å². The average molecular weight is 477 g/mol. The van der Waals surface area contributed by atoms with E-state index in [4.69, 9.17) is 18.6 Å². The van der Waals surface area contributed by atoms with Gasteiger partial charge in [-0.3, -0.25) is 0 Å². The summed E-state index contributed by atoms with van der Waals surface area (Å²) in [6.45, 7) is 10.1. The number of carbonyl (C=O) groups is 1. The summed E-state index contributed by atoms with van der Waals surface area (Å²) in [6, 6.07) is 13.6. The lowest BCUT2D eigenvalue weighted by atomic mass is 10.1. The molecule has 0 fully saturated rings. The number of esters is 1. The third kappa shape index (κ3) is 7.34. The van der Waals surface area contributed by atoms with Crippen LogP contribution in [0.1, 0.15) is 57.8 Å². The fourth-order valence-electron chi connectivity index (χ4n) is 3.39. The highest BCUT2D eigenvalue weighted by atomic mass is 16.6. The second-order valence-corrected chi connectivity index (χ2v) is 8.81. The summed E-state index contributed by atoms with van der Waals surface area (Å²) in [5.41, 5.74) is 2.27. The molecule has 0 radical (unpaired) electrons.